The summed E-state index contributed by atoms with van der Waals surface area (Å²) < 4.78 is 10.9. The van der Waals surface area contributed by atoms with Crippen molar-refractivity contribution in [1.82, 2.24) is 15.1 Å². The predicted molar refractivity (Wildman–Crippen MR) is 117 cm³/mol. The van der Waals surface area contributed by atoms with Gasteiger partial charge in [-0.25, -0.2) is 4.79 Å². The predicted octanol–water partition coefficient (Wildman–Crippen LogP) is 3.50. The molecule has 1 saturated heterocycles. The van der Waals surface area contributed by atoms with Gasteiger partial charge in [0.2, 0.25) is 5.91 Å². The molecule has 0 saturated carbocycles. The third kappa shape index (κ3) is 5.50. The Morgan fingerprint density at radius 2 is 2.03 bits per heavy atom. The number of nitrogens with zero attached hydrogens (tertiary/aromatic N) is 2. The summed E-state index contributed by atoms with van der Waals surface area (Å²) in [6.07, 6.45) is 0.883. The van der Waals surface area contributed by atoms with Gasteiger partial charge >= 0.3 is 6.03 Å². The summed E-state index contributed by atoms with van der Waals surface area (Å²) in [7, 11) is 3.24. The van der Waals surface area contributed by atoms with Crippen molar-refractivity contribution in [2.24, 2.45) is 0 Å². The van der Waals surface area contributed by atoms with E-state index < -0.39 is 0 Å². The zero-order valence-electron chi connectivity index (χ0n) is 18.2. The maximum absolute atomic E-state index is 12.9. The highest BCUT2D eigenvalue weighted by atomic mass is 32.2. The highest BCUT2D eigenvalue weighted by molar-refractivity contribution is 8.01. The minimum absolute atomic E-state index is 0.0412. The molecular weight excluding hydrogens is 390 g/mol. The molecule has 2 atom stereocenters. The molecule has 1 aliphatic rings. The van der Waals surface area contributed by atoms with Crippen LogP contribution in [0.15, 0.2) is 18.2 Å². The third-order valence-corrected chi connectivity index (χ3v) is 6.32. The molecule has 1 aromatic carbocycles. The fourth-order valence-corrected chi connectivity index (χ4v) is 4.64. The molecule has 1 N–H and O–H groups in total. The van der Waals surface area contributed by atoms with Crippen LogP contribution in [-0.2, 0) is 4.79 Å². The molecule has 0 unspecified atom stereocenters. The summed E-state index contributed by atoms with van der Waals surface area (Å²) in [4.78, 5) is 29.0. The van der Waals surface area contributed by atoms with Crippen LogP contribution >= 0.6 is 11.8 Å². The van der Waals surface area contributed by atoms with Crippen molar-refractivity contribution in [3.8, 4) is 11.5 Å². The van der Waals surface area contributed by atoms with Gasteiger partial charge in [-0.1, -0.05) is 6.92 Å². The topological polar surface area (TPSA) is 71.1 Å². The Morgan fingerprint density at radius 3 is 2.62 bits per heavy atom. The van der Waals surface area contributed by atoms with E-state index in [2.05, 4.69) is 5.32 Å². The van der Waals surface area contributed by atoms with Crippen molar-refractivity contribution in [3.05, 3.63) is 23.8 Å². The van der Waals surface area contributed by atoms with Gasteiger partial charge in [-0.05, 0) is 45.4 Å². The molecule has 1 aromatic rings. The van der Waals surface area contributed by atoms with E-state index in [0.29, 0.717) is 19.6 Å². The van der Waals surface area contributed by atoms with Crippen molar-refractivity contribution < 1.29 is 19.1 Å². The van der Waals surface area contributed by atoms with Gasteiger partial charge in [0, 0.05) is 31.2 Å². The van der Waals surface area contributed by atoms with Crippen LogP contribution < -0.4 is 14.8 Å². The van der Waals surface area contributed by atoms with Gasteiger partial charge in [0.15, 0.2) is 0 Å². The molecule has 3 amide bonds. The molecule has 8 heteroatoms. The Balaban J connectivity index is 2.23. The zero-order valence-corrected chi connectivity index (χ0v) is 19.0. The van der Waals surface area contributed by atoms with Crippen LogP contribution in [0.1, 0.15) is 45.1 Å². The summed E-state index contributed by atoms with van der Waals surface area (Å²) in [5, 5.41) is 2.59. The van der Waals surface area contributed by atoms with Gasteiger partial charge in [0.25, 0.3) is 0 Å². The van der Waals surface area contributed by atoms with Crippen molar-refractivity contribution in [3.63, 3.8) is 0 Å². The molecule has 7 nitrogen and oxygen atoms in total. The second kappa shape index (κ2) is 10.6. The molecular formula is C21H33N3O4S. The number of urea groups is 1. The van der Waals surface area contributed by atoms with Crippen LogP contribution in [0.2, 0.25) is 0 Å². The Morgan fingerprint density at radius 1 is 1.31 bits per heavy atom. The molecule has 0 bridgehead atoms. The smallest absolute Gasteiger partial charge is 0.317 e. The molecule has 1 aliphatic heterocycles. The largest absolute Gasteiger partial charge is 0.497 e. The molecule has 1 fully saturated rings. The Hall–Kier alpha value is -2.09. The first-order chi connectivity index (χ1) is 13.8. The maximum Gasteiger partial charge on any atom is 0.317 e. The molecule has 0 radical (unpaired) electrons. The van der Waals surface area contributed by atoms with E-state index in [1.54, 1.807) is 30.9 Å². The Bertz CT molecular complexity index is 713. The first-order valence-electron chi connectivity index (χ1n) is 10.1. The van der Waals surface area contributed by atoms with Gasteiger partial charge in [-0.2, -0.15) is 0 Å². The normalized spacial score (nSPS) is 18.9. The summed E-state index contributed by atoms with van der Waals surface area (Å²) in [6, 6.07) is 5.57. The van der Waals surface area contributed by atoms with Crippen LogP contribution in [-0.4, -0.2) is 66.9 Å². The monoisotopic (exact) mass is 423 g/mol. The second-order valence-corrected chi connectivity index (χ2v) is 8.72. The lowest BCUT2D eigenvalue weighted by molar-refractivity contribution is -0.130. The van der Waals surface area contributed by atoms with Gasteiger partial charge < -0.3 is 24.6 Å². The van der Waals surface area contributed by atoms with Crippen LogP contribution in [0.3, 0.4) is 0 Å². The molecule has 1 heterocycles. The van der Waals surface area contributed by atoms with E-state index in [4.69, 9.17) is 9.47 Å². The summed E-state index contributed by atoms with van der Waals surface area (Å²) in [5.41, 5.74) is 0.904. The first kappa shape index (κ1) is 23.2. The number of carbonyl (C=O) groups is 2. The number of benzene rings is 1. The molecule has 0 spiro atoms. The number of carbonyl (C=O) groups excluding carboxylic acids is 2. The van der Waals surface area contributed by atoms with Crippen molar-refractivity contribution >= 4 is 23.7 Å². The number of rotatable bonds is 9. The number of nitrogens with one attached hydrogen (secondary N) is 1. The van der Waals surface area contributed by atoms with E-state index in [1.165, 1.54) is 0 Å². The maximum atomic E-state index is 12.9. The summed E-state index contributed by atoms with van der Waals surface area (Å²) in [5.74, 6) is 1.51. The zero-order chi connectivity index (χ0) is 21.6. The SMILES string of the molecule is CCCNC(=O)N(CCN1C(=O)[C@@H](C)S[C@H]1c1cc(OC)ccc1OC)C(C)C. The van der Waals surface area contributed by atoms with E-state index in [9.17, 15) is 9.59 Å². The fraction of sp³-hybridized carbons (Fsp3) is 0.619. The molecule has 0 aliphatic carbocycles. The van der Waals surface area contributed by atoms with Gasteiger partial charge in [-0.3, -0.25) is 4.79 Å². The Kier molecular flexibility index (Phi) is 8.49. The minimum Gasteiger partial charge on any atom is -0.497 e. The van der Waals surface area contributed by atoms with Crippen LogP contribution in [0.25, 0.3) is 0 Å². The quantitative estimate of drug-likeness (QED) is 0.658. The highest BCUT2D eigenvalue weighted by Gasteiger charge is 2.40. The van der Waals surface area contributed by atoms with E-state index in [0.717, 1.165) is 23.5 Å². The van der Waals surface area contributed by atoms with Gasteiger partial charge in [0.05, 0.1) is 19.5 Å². The van der Waals surface area contributed by atoms with E-state index >= 15 is 0 Å². The van der Waals surface area contributed by atoms with Crippen LogP contribution in [0.5, 0.6) is 11.5 Å². The highest BCUT2D eigenvalue weighted by Crippen LogP contribution is 2.46. The second-order valence-electron chi connectivity index (χ2n) is 7.29. The van der Waals surface area contributed by atoms with Crippen molar-refractivity contribution in [2.75, 3.05) is 33.9 Å². The lowest BCUT2D eigenvalue weighted by Crippen LogP contribution is -2.48. The van der Waals surface area contributed by atoms with E-state index in [1.807, 2.05) is 50.8 Å². The average Bonchev–Trinajstić information content (AvgIpc) is 2.99. The lowest BCUT2D eigenvalue weighted by Gasteiger charge is -2.31. The van der Waals surface area contributed by atoms with E-state index in [-0.39, 0.29) is 28.6 Å². The van der Waals surface area contributed by atoms with Crippen molar-refractivity contribution in [1.29, 1.82) is 0 Å². The number of hydrogen-bond donors (Lipinski definition) is 1. The van der Waals surface area contributed by atoms with Crippen LogP contribution in [0.4, 0.5) is 4.79 Å². The molecule has 162 valence electrons. The first-order valence-corrected chi connectivity index (χ1v) is 11.0. The average molecular weight is 424 g/mol. The summed E-state index contributed by atoms with van der Waals surface area (Å²) in [6.45, 7) is 9.47. The number of hydrogen-bond acceptors (Lipinski definition) is 5. The lowest BCUT2D eigenvalue weighted by atomic mass is 10.1. The van der Waals surface area contributed by atoms with Gasteiger partial charge in [0.1, 0.15) is 16.9 Å². The van der Waals surface area contributed by atoms with Gasteiger partial charge in [-0.15, -0.1) is 11.8 Å². The number of amides is 3. The molecule has 29 heavy (non-hydrogen) atoms. The number of thioether (sulfide) groups is 1. The third-order valence-electron chi connectivity index (χ3n) is 4.94. The fourth-order valence-electron chi connectivity index (χ4n) is 3.32. The number of ether oxygens (including phenoxy) is 2. The molecule has 0 aromatic heterocycles. The van der Waals surface area contributed by atoms with Crippen molar-refractivity contribution in [2.45, 2.75) is 50.8 Å². The number of methoxy groups -OCH3 is 2. The van der Waals surface area contributed by atoms with Crippen LogP contribution in [0, 0.1) is 0 Å². The standard InChI is InChI=1S/C21H33N3O4S/c1-7-10-22-21(26)23(14(2)3)11-12-24-19(25)15(4)29-20(24)17-13-16(27-5)8-9-18(17)28-6/h8-9,13-15,20H,7,10-12H2,1-6H3,(H,22,26)/t15-,20+/m1/s1. The molecule has 2 rings (SSSR count). The Labute approximate surface area is 178 Å². The minimum atomic E-state index is -0.185. The summed E-state index contributed by atoms with van der Waals surface area (Å²) >= 11 is 1.59.